The second-order valence-electron chi connectivity index (χ2n) is 4.42. The molecule has 0 aliphatic heterocycles. The van der Waals surface area contributed by atoms with Crippen LogP contribution in [0, 0.1) is 0 Å². The summed E-state index contributed by atoms with van der Waals surface area (Å²) in [5.74, 6) is -0.0810. The fourth-order valence-electron chi connectivity index (χ4n) is 1.72. The monoisotopic (exact) mass is 303 g/mol. The highest BCUT2D eigenvalue weighted by Crippen LogP contribution is 2.02. The van der Waals surface area contributed by atoms with Gasteiger partial charge < -0.3 is 19.8 Å². The topological polar surface area (TPSA) is 93.5 Å². The Balaban J connectivity index is 1.95. The number of furan rings is 1. The Bertz CT molecular complexity index is 625. The lowest BCUT2D eigenvalue weighted by molar-refractivity contribution is 0.0930. The first kappa shape index (κ1) is 15.7. The Hall–Kier alpha value is -2.67. The molecule has 2 rings (SSSR count). The van der Waals surface area contributed by atoms with Crippen molar-refractivity contribution in [2.75, 3.05) is 20.3 Å². The minimum atomic E-state index is -0.372. The minimum Gasteiger partial charge on any atom is -0.467 e. The van der Waals surface area contributed by atoms with Gasteiger partial charge in [-0.3, -0.25) is 9.59 Å². The number of nitrogens with one attached hydrogen (secondary N) is 2. The fraction of sp³-hybridized carbons (Fsp3) is 0.267. The molecule has 0 aliphatic carbocycles. The zero-order valence-electron chi connectivity index (χ0n) is 12.2. The third kappa shape index (κ3) is 4.42. The van der Waals surface area contributed by atoms with Crippen molar-refractivity contribution in [1.29, 1.82) is 0 Å². The number of carbonyl (C=O) groups is 2. The van der Waals surface area contributed by atoms with Gasteiger partial charge in [0.25, 0.3) is 11.8 Å². The van der Waals surface area contributed by atoms with E-state index in [2.05, 4.69) is 15.6 Å². The number of methoxy groups -OCH3 is 1. The maximum absolute atomic E-state index is 12.0. The van der Waals surface area contributed by atoms with Crippen molar-refractivity contribution in [2.45, 2.75) is 6.54 Å². The number of ether oxygens (including phenoxy) is 1. The molecule has 7 heteroatoms. The highest BCUT2D eigenvalue weighted by Gasteiger charge is 2.12. The van der Waals surface area contributed by atoms with Crippen molar-refractivity contribution in [1.82, 2.24) is 15.6 Å². The smallest absolute Gasteiger partial charge is 0.270 e. The molecular formula is C15H17N3O4. The number of amides is 2. The van der Waals surface area contributed by atoms with E-state index in [1.54, 1.807) is 37.4 Å². The summed E-state index contributed by atoms with van der Waals surface area (Å²) in [6.07, 6.45) is 1.53. The molecular weight excluding hydrogens is 286 g/mol. The van der Waals surface area contributed by atoms with Crippen LogP contribution in [0.2, 0.25) is 0 Å². The first-order chi connectivity index (χ1) is 10.7. The summed E-state index contributed by atoms with van der Waals surface area (Å²) in [5, 5.41) is 5.32. The molecule has 0 atom stereocenters. The van der Waals surface area contributed by atoms with Gasteiger partial charge >= 0.3 is 0 Å². The van der Waals surface area contributed by atoms with E-state index < -0.39 is 0 Å². The van der Waals surface area contributed by atoms with E-state index in [1.807, 2.05) is 0 Å². The Morgan fingerprint density at radius 1 is 1.14 bits per heavy atom. The first-order valence-electron chi connectivity index (χ1n) is 6.75. The second kappa shape index (κ2) is 7.94. The Kier molecular flexibility index (Phi) is 5.67. The van der Waals surface area contributed by atoms with Gasteiger partial charge in [0.2, 0.25) is 0 Å². The van der Waals surface area contributed by atoms with Gasteiger partial charge in [-0.25, -0.2) is 4.98 Å². The maximum Gasteiger partial charge on any atom is 0.270 e. The van der Waals surface area contributed by atoms with Crippen LogP contribution in [-0.4, -0.2) is 37.1 Å². The van der Waals surface area contributed by atoms with E-state index in [4.69, 9.17) is 9.15 Å². The summed E-state index contributed by atoms with van der Waals surface area (Å²) >= 11 is 0. The average Bonchev–Trinajstić information content (AvgIpc) is 3.06. The van der Waals surface area contributed by atoms with Crippen molar-refractivity contribution in [3.8, 4) is 0 Å². The van der Waals surface area contributed by atoms with E-state index in [1.165, 1.54) is 6.26 Å². The van der Waals surface area contributed by atoms with Crippen LogP contribution in [-0.2, 0) is 11.3 Å². The van der Waals surface area contributed by atoms with Crippen LogP contribution in [0.25, 0.3) is 0 Å². The number of hydrogen-bond acceptors (Lipinski definition) is 5. The number of aromatic nitrogens is 1. The van der Waals surface area contributed by atoms with Crippen molar-refractivity contribution in [3.05, 3.63) is 53.7 Å². The quantitative estimate of drug-likeness (QED) is 0.744. The van der Waals surface area contributed by atoms with Gasteiger partial charge in [-0.1, -0.05) is 6.07 Å². The summed E-state index contributed by atoms with van der Waals surface area (Å²) in [7, 11) is 1.55. The average molecular weight is 303 g/mol. The first-order valence-corrected chi connectivity index (χ1v) is 6.75. The molecule has 0 radical (unpaired) electrons. The van der Waals surface area contributed by atoms with Crippen LogP contribution < -0.4 is 10.6 Å². The fourth-order valence-corrected chi connectivity index (χ4v) is 1.72. The Morgan fingerprint density at radius 2 is 1.86 bits per heavy atom. The third-order valence-corrected chi connectivity index (χ3v) is 2.81. The molecule has 2 N–H and O–H groups in total. The lowest BCUT2D eigenvalue weighted by Crippen LogP contribution is -2.29. The molecule has 0 bridgehead atoms. The van der Waals surface area contributed by atoms with E-state index in [0.717, 1.165) is 0 Å². The van der Waals surface area contributed by atoms with Crippen LogP contribution in [0.5, 0.6) is 0 Å². The van der Waals surface area contributed by atoms with Crippen LogP contribution in [0.1, 0.15) is 26.7 Å². The molecule has 0 saturated heterocycles. The predicted molar refractivity (Wildman–Crippen MR) is 78.3 cm³/mol. The standard InChI is InChI=1S/C15H17N3O4/c1-21-9-7-16-14(19)12-5-2-6-13(18-12)15(20)17-10-11-4-3-8-22-11/h2-6,8H,7,9-10H2,1H3,(H,16,19)(H,17,20). The van der Waals surface area contributed by atoms with E-state index in [0.29, 0.717) is 18.9 Å². The Morgan fingerprint density at radius 3 is 2.50 bits per heavy atom. The molecule has 116 valence electrons. The molecule has 0 fully saturated rings. The number of carbonyl (C=O) groups excluding carboxylic acids is 2. The summed E-state index contributed by atoms with van der Waals surface area (Å²) in [6.45, 7) is 1.05. The van der Waals surface area contributed by atoms with Crippen LogP contribution in [0.4, 0.5) is 0 Å². The van der Waals surface area contributed by atoms with E-state index >= 15 is 0 Å². The summed E-state index contributed by atoms with van der Waals surface area (Å²) in [6, 6.07) is 8.20. The third-order valence-electron chi connectivity index (χ3n) is 2.81. The van der Waals surface area contributed by atoms with Crippen LogP contribution >= 0.6 is 0 Å². The van der Waals surface area contributed by atoms with E-state index in [-0.39, 0.29) is 29.7 Å². The largest absolute Gasteiger partial charge is 0.467 e. The summed E-state index contributed by atoms with van der Waals surface area (Å²) in [5.41, 5.74) is 0.354. The Labute approximate surface area is 127 Å². The molecule has 2 heterocycles. The van der Waals surface area contributed by atoms with Crippen LogP contribution in [0.15, 0.2) is 41.0 Å². The number of hydrogen-bond donors (Lipinski definition) is 2. The zero-order valence-corrected chi connectivity index (χ0v) is 12.2. The van der Waals surface area contributed by atoms with Gasteiger partial charge in [0, 0.05) is 13.7 Å². The molecule has 0 aliphatic rings. The molecule has 0 aromatic carbocycles. The minimum absolute atomic E-state index is 0.172. The van der Waals surface area contributed by atoms with Gasteiger partial charge in [-0.05, 0) is 24.3 Å². The molecule has 22 heavy (non-hydrogen) atoms. The molecule has 2 amide bonds. The van der Waals surface area contributed by atoms with Gasteiger partial charge in [-0.2, -0.15) is 0 Å². The van der Waals surface area contributed by atoms with Crippen molar-refractivity contribution < 1.29 is 18.7 Å². The summed E-state index contributed by atoms with van der Waals surface area (Å²) < 4.78 is 9.97. The molecule has 2 aromatic heterocycles. The van der Waals surface area contributed by atoms with Crippen molar-refractivity contribution >= 4 is 11.8 Å². The summed E-state index contributed by atoms with van der Waals surface area (Å²) in [4.78, 5) is 27.9. The molecule has 0 spiro atoms. The lowest BCUT2D eigenvalue weighted by Gasteiger charge is -2.06. The maximum atomic E-state index is 12.0. The van der Waals surface area contributed by atoms with Gasteiger partial charge in [0.05, 0.1) is 19.4 Å². The molecule has 0 saturated carbocycles. The van der Waals surface area contributed by atoms with Crippen LogP contribution in [0.3, 0.4) is 0 Å². The predicted octanol–water partition coefficient (Wildman–Crippen LogP) is 0.981. The normalized spacial score (nSPS) is 10.2. The van der Waals surface area contributed by atoms with E-state index in [9.17, 15) is 9.59 Å². The SMILES string of the molecule is COCCNC(=O)c1cccc(C(=O)NCc2ccco2)n1. The molecule has 0 unspecified atom stereocenters. The molecule has 2 aromatic rings. The van der Waals surface area contributed by atoms with Crippen molar-refractivity contribution in [3.63, 3.8) is 0 Å². The van der Waals surface area contributed by atoms with Gasteiger partial charge in [0.15, 0.2) is 0 Å². The highest BCUT2D eigenvalue weighted by atomic mass is 16.5. The highest BCUT2D eigenvalue weighted by molar-refractivity contribution is 5.96. The number of nitrogens with zero attached hydrogens (tertiary/aromatic N) is 1. The number of pyridine rings is 1. The molecule has 7 nitrogen and oxygen atoms in total. The van der Waals surface area contributed by atoms with Crippen molar-refractivity contribution in [2.24, 2.45) is 0 Å². The zero-order chi connectivity index (χ0) is 15.8. The van der Waals surface area contributed by atoms with Gasteiger partial charge in [-0.15, -0.1) is 0 Å². The second-order valence-corrected chi connectivity index (χ2v) is 4.42. The van der Waals surface area contributed by atoms with Gasteiger partial charge in [0.1, 0.15) is 17.1 Å². The lowest BCUT2D eigenvalue weighted by atomic mass is 10.2. The number of rotatable bonds is 7.